The molecule has 0 fully saturated rings. The summed E-state index contributed by atoms with van der Waals surface area (Å²) in [5, 5.41) is 22.9. The second-order valence-electron chi connectivity index (χ2n) is 8.11. The van der Waals surface area contributed by atoms with E-state index in [1.54, 1.807) is 0 Å². The largest absolute Gasteiger partial charge is 0.507 e. The molecule has 4 N–H and O–H groups in total. The number of H-pyrrole nitrogens is 1. The molecule has 3 rings (SSSR count). The van der Waals surface area contributed by atoms with Crippen molar-refractivity contribution in [3.8, 4) is 17.2 Å². The Morgan fingerprint density at radius 2 is 1.74 bits per heavy atom. The maximum Gasteiger partial charge on any atom is 0.352 e. The summed E-state index contributed by atoms with van der Waals surface area (Å²) in [4.78, 5) is 26.6. The number of unbranched alkanes of at least 4 members (excludes halogenated alkanes) is 6. The number of nitrogens with one attached hydrogen (secondary N) is 2. The Kier molecular flexibility index (Phi) is 9.07. The highest BCUT2D eigenvalue weighted by Gasteiger charge is 2.19. The fourth-order valence-electron chi connectivity index (χ4n) is 3.65. The SMILES string of the molecule is CCCCCCCCCNC(=O)c1cc(Oc2c(Cl)cc3[nH]c(C(=O)O)cc3c2Cl)ccc1O. The number of carbonyl (C=O) groups excluding carboxylic acids is 1. The number of carboxylic acid groups (broad SMARTS) is 1. The topological polar surface area (TPSA) is 112 Å². The third-order valence-corrected chi connectivity index (χ3v) is 6.16. The molecule has 7 nitrogen and oxygen atoms in total. The first-order chi connectivity index (χ1) is 16.3. The smallest absolute Gasteiger partial charge is 0.352 e. The van der Waals surface area contributed by atoms with Crippen LogP contribution < -0.4 is 10.1 Å². The van der Waals surface area contributed by atoms with E-state index < -0.39 is 11.9 Å². The van der Waals surface area contributed by atoms with Crippen LogP contribution in [0.3, 0.4) is 0 Å². The third-order valence-electron chi connectivity index (χ3n) is 5.50. The molecule has 0 radical (unpaired) electrons. The molecule has 0 atom stereocenters. The van der Waals surface area contributed by atoms with Crippen LogP contribution in [0, 0.1) is 0 Å². The standard InChI is InChI=1S/C25H28Cl2N2O5/c1-2-3-4-5-6-7-8-11-28-24(31)17-12-15(9-10-21(17)30)34-23-18(26)14-19-16(22(23)27)13-20(29-19)25(32)33/h9-10,12-14,29-30H,2-8,11H2,1H3,(H,28,31)(H,32,33). The van der Waals surface area contributed by atoms with Gasteiger partial charge in [0.15, 0.2) is 5.75 Å². The third kappa shape index (κ3) is 6.36. The Morgan fingerprint density at radius 3 is 2.44 bits per heavy atom. The summed E-state index contributed by atoms with van der Waals surface area (Å²) in [6.45, 7) is 2.70. The fraction of sp³-hybridized carbons (Fsp3) is 0.360. The van der Waals surface area contributed by atoms with E-state index in [9.17, 15) is 19.8 Å². The van der Waals surface area contributed by atoms with E-state index in [0.29, 0.717) is 17.4 Å². The molecule has 0 aliphatic rings. The number of benzene rings is 2. The summed E-state index contributed by atoms with van der Waals surface area (Å²) in [7, 11) is 0. The van der Waals surface area contributed by atoms with Gasteiger partial charge in [-0.15, -0.1) is 0 Å². The van der Waals surface area contributed by atoms with E-state index in [4.69, 9.17) is 27.9 Å². The number of rotatable bonds is 12. The van der Waals surface area contributed by atoms with Crippen molar-refractivity contribution in [2.24, 2.45) is 0 Å². The first-order valence-electron chi connectivity index (χ1n) is 11.3. The lowest BCUT2D eigenvalue weighted by Crippen LogP contribution is -2.24. The molecule has 182 valence electrons. The minimum atomic E-state index is -1.13. The molecule has 0 aliphatic carbocycles. The van der Waals surface area contributed by atoms with Crippen molar-refractivity contribution in [1.29, 1.82) is 0 Å². The molecular weight excluding hydrogens is 479 g/mol. The number of aromatic hydroxyl groups is 1. The van der Waals surface area contributed by atoms with Gasteiger partial charge in [0, 0.05) is 17.4 Å². The summed E-state index contributed by atoms with van der Waals surface area (Å²) >= 11 is 12.7. The molecule has 9 heteroatoms. The molecule has 34 heavy (non-hydrogen) atoms. The predicted octanol–water partition coefficient (Wildman–Crippen LogP) is 7.15. The summed E-state index contributed by atoms with van der Waals surface area (Å²) in [6.07, 6.45) is 7.98. The van der Waals surface area contributed by atoms with E-state index >= 15 is 0 Å². The predicted molar refractivity (Wildman–Crippen MR) is 134 cm³/mol. The number of hydrogen-bond acceptors (Lipinski definition) is 4. The number of halogens is 2. The van der Waals surface area contributed by atoms with Crippen molar-refractivity contribution in [2.45, 2.75) is 51.9 Å². The van der Waals surface area contributed by atoms with Crippen LogP contribution >= 0.6 is 23.2 Å². The highest BCUT2D eigenvalue weighted by molar-refractivity contribution is 6.41. The molecule has 0 unspecified atom stereocenters. The lowest BCUT2D eigenvalue weighted by atomic mass is 10.1. The van der Waals surface area contributed by atoms with Crippen molar-refractivity contribution in [3.63, 3.8) is 0 Å². The van der Waals surface area contributed by atoms with Gasteiger partial charge in [-0.1, -0.05) is 68.7 Å². The Balaban J connectivity index is 1.67. The number of aromatic carboxylic acids is 1. The maximum absolute atomic E-state index is 12.6. The normalized spacial score (nSPS) is 11.0. The monoisotopic (exact) mass is 506 g/mol. The van der Waals surface area contributed by atoms with E-state index in [1.807, 2.05) is 0 Å². The van der Waals surface area contributed by atoms with Gasteiger partial charge in [0.2, 0.25) is 0 Å². The number of carboxylic acids is 1. The number of hydrogen-bond donors (Lipinski definition) is 4. The van der Waals surface area contributed by atoms with Crippen LogP contribution in [0.25, 0.3) is 10.9 Å². The minimum Gasteiger partial charge on any atom is -0.507 e. The highest BCUT2D eigenvalue weighted by Crippen LogP contribution is 2.42. The molecule has 0 saturated heterocycles. The zero-order chi connectivity index (χ0) is 24.7. The van der Waals surface area contributed by atoms with Crippen molar-refractivity contribution >= 4 is 46.0 Å². The molecule has 0 aliphatic heterocycles. The number of aromatic amines is 1. The average Bonchev–Trinajstić information content (AvgIpc) is 3.24. The molecule has 3 aromatic rings. The molecule has 1 amide bonds. The number of fused-ring (bicyclic) bond motifs is 1. The highest BCUT2D eigenvalue weighted by atomic mass is 35.5. The van der Waals surface area contributed by atoms with E-state index in [-0.39, 0.29) is 38.6 Å². The van der Waals surface area contributed by atoms with Crippen LogP contribution in [0.1, 0.15) is 72.7 Å². The molecule has 0 spiro atoms. The number of ether oxygens (including phenoxy) is 1. The average molecular weight is 507 g/mol. The van der Waals surface area contributed by atoms with Crippen LogP contribution in [-0.4, -0.2) is 33.6 Å². The zero-order valence-corrected chi connectivity index (χ0v) is 20.4. The van der Waals surface area contributed by atoms with E-state index in [1.165, 1.54) is 56.0 Å². The Morgan fingerprint density at radius 1 is 1.03 bits per heavy atom. The van der Waals surface area contributed by atoms with Crippen LogP contribution in [-0.2, 0) is 0 Å². The Labute approximate surface area is 208 Å². The van der Waals surface area contributed by atoms with E-state index in [0.717, 1.165) is 19.3 Å². The van der Waals surface area contributed by atoms with Gasteiger partial charge in [0.1, 0.15) is 17.2 Å². The fourth-order valence-corrected chi connectivity index (χ4v) is 4.24. The maximum atomic E-state index is 12.6. The summed E-state index contributed by atoms with van der Waals surface area (Å²) in [5.41, 5.74) is 0.495. The quantitative estimate of drug-likeness (QED) is 0.195. The lowest BCUT2D eigenvalue weighted by molar-refractivity contribution is 0.0691. The number of phenols is 1. The molecule has 0 bridgehead atoms. The van der Waals surface area contributed by atoms with Gasteiger partial charge in [-0.3, -0.25) is 4.79 Å². The van der Waals surface area contributed by atoms with Gasteiger partial charge in [-0.2, -0.15) is 0 Å². The molecule has 0 saturated carbocycles. The van der Waals surface area contributed by atoms with Gasteiger partial charge in [-0.05, 0) is 36.8 Å². The first-order valence-corrected chi connectivity index (χ1v) is 12.1. The van der Waals surface area contributed by atoms with Crippen LogP contribution in [0.2, 0.25) is 10.0 Å². The number of phenolic OH excluding ortho intramolecular Hbond substituents is 1. The summed E-state index contributed by atoms with van der Waals surface area (Å²) < 4.78 is 5.84. The lowest BCUT2D eigenvalue weighted by Gasteiger charge is -2.13. The summed E-state index contributed by atoms with van der Waals surface area (Å²) in [5.74, 6) is -1.34. The van der Waals surface area contributed by atoms with Crippen LogP contribution in [0.4, 0.5) is 0 Å². The zero-order valence-electron chi connectivity index (χ0n) is 18.9. The first kappa shape index (κ1) is 25.7. The van der Waals surface area contributed by atoms with Crippen LogP contribution in [0.15, 0.2) is 30.3 Å². The molecule has 1 aromatic heterocycles. The van der Waals surface area contributed by atoms with Gasteiger partial charge in [0.05, 0.1) is 15.6 Å². The van der Waals surface area contributed by atoms with Gasteiger partial charge < -0.3 is 25.3 Å². The van der Waals surface area contributed by atoms with Crippen molar-refractivity contribution in [2.75, 3.05) is 6.54 Å². The Hall–Kier alpha value is -2.90. The number of amides is 1. The summed E-state index contributed by atoms with van der Waals surface area (Å²) in [6, 6.07) is 7.16. The van der Waals surface area contributed by atoms with Crippen molar-refractivity contribution < 1.29 is 24.5 Å². The molecule has 1 heterocycles. The number of aromatic nitrogens is 1. The molecular formula is C25H28Cl2N2O5. The van der Waals surface area contributed by atoms with Gasteiger partial charge >= 0.3 is 5.97 Å². The Bertz CT molecular complexity index is 1180. The van der Waals surface area contributed by atoms with Crippen molar-refractivity contribution in [3.05, 3.63) is 51.6 Å². The molecule has 2 aromatic carbocycles. The van der Waals surface area contributed by atoms with Crippen LogP contribution in [0.5, 0.6) is 17.2 Å². The minimum absolute atomic E-state index is 0.0327. The van der Waals surface area contributed by atoms with Crippen molar-refractivity contribution in [1.82, 2.24) is 10.3 Å². The van der Waals surface area contributed by atoms with Gasteiger partial charge in [0.25, 0.3) is 5.91 Å². The van der Waals surface area contributed by atoms with Gasteiger partial charge in [-0.25, -0.2) is 4.79 Å². The second kappa shape index (κ2) is 12.0. The second-order valence-corrected chi connectivity index (χ2v) is 8.89. The van der Waals surface area contributed by atoms with E-state index in [2.05, 4.69) is 17.2 Å². The number of carbonyl (C=O) groups is 2.